The minimum Gasteiger partial charge on any atom is -0.305 e. The van der Waals surface area contributed by atoms with Gasteiger partial charge < -0.3 is 9.80 Å². The van der Waals surface area contributed by atoms with E-state index in [9.17, 15) is 5.26 Å². The molecule has 5 heteroatoms. The molecular formula is C18H23N5. The molecule has 1 aromatic heterocycles. The molecule has 120 valence electrons. The molecule has 1 N–H and O–H groups in total. The Morgan fingerprint density at radius 1 is 1.26 bits per heavy atom. The Morgan fingerprint density at radius 2 is 2.13 bits per heavy atom. The monoisotopic (exact) mass is 309 g/mol. The summed E-state index contributed by atoms with van der Waals surface area (Å²) in [7, 11) is 2.19. The Balaban J connectivity index is 1.71. The molecule has 5 nitrogen and oxygen atoms in total. The van der Waals surface area contributed by atoms with Gasteiger partial charge in [-0.05, 0) is 32.6 Å². The zero-order valence-electron chi connectivity index (χ0n) is 13.6. The van der Waals surface area contributed by atoms with E-state index in [0.29, 0.717) is 11.5 Å². The molecule has 1 aromatic rings. The first-order valence-electron chi connectivity index (χ1n) is 8.17. The zero-order chi connectivity index (χ0) is 16.1. The number of allylic oxidation sites excluding steroid dienone is 4. The number of hydrogen-bond acceptors (Lipinski definition) is 4. The third-order valence-corrected chi connectivity index (χ3v) is 4.52. The van der Waals surface area contributed by atoms with Gasteiger partial charge in [-0.25, -0.2) is 0 Å². The van der Waals surface area contributed by atoms with Crippen LogP contribution in [0.3, 0.4) is 0 Å². The van der Waals surface area contributed by atoms with Crippen LogP contribution in [-0.2, 0) is 0 Å². The van der Waals surface area contributed by atoms with Crippen molar-refractivity contribution in [2.45, 2.75) is 6.42 Å². The first-order chi connectivity index (χ1) is 11.3. The van der Waals surface area contributed by atoms with Crippen molar-refractivity contribution in [2.75, 3.05) is 39.8 Å². The number of hydrogen-bond donors (Lipinski definition) is 1. The summed E-state index contributed by atoms with van der Waals surface area (Å²) in [6.45, 7) is 5.58. The molecular weight excluding hydrogens is 286 g/mol. The second kappa shape index (κ2) is 7.40. The minimum absolute atomic E-state index is 0.339. The van der Waals surface area contributed by atoms with E-state index in [1.54, 1.807) is 6.20 Å². The molecule has 3 rings (SSSR count). The van der Waals surface area contributed by atoms with Gasteiger partial charge in [0.25, 0.3) is 0 Å². The van der Waals surface area contributed by atoms with Crippen molar-refractivity contribution in [1.29, 1.82) is 5.26 Å². The lowest BCUT2D eigenvalue weighted by Crippen LogP contribution is -2.32. The number of nitrogens with one attached hydrogen (secondary N) is 1. The Morgan fingerprint density at radius 3 is 2.91 bits per heavy atom. The van der Waals surface area contributed by atoms with Crippen LogP contribution >= 0.6 is 0 Å². The fourth-order valence-electron chi connectivity index (χ4n) is 3.13. The maximum atomic E-state index is 9.42. The average molecular weight is 309 g/mol. The van der Waals surface area contributed by atoms with E-state index in [2.05, 4.69) is 51.3 Å². The standard InChI is InChI=1S/C18H23N5/c1-22-7-2-8-23(10-9-22)14-15-3-5-16(11-19)18(6-4-15)17-12-20-21-13-17/h3-6,12-13,15H,2,7-10,14H2,1H3,(H,20,21). The zero-order valence-corrected chi connectivity index (χ0v) is 13.6. The normalized spacial score (nSPS) is 23.6. The van der Waals surface area contributed by atoms with Crippen molar-refractivity contribution in [2.24, 2.45) is 5.92 Å². The number of likely N-dealkylation sites (N-methyl/N-ethyl adjacent to an activating group) is 1. The van der Waals surface area contributed by atoms with E-state index in [1.807, 2.05) is 12.3 Å². The molecule has 23 heavy (non-hydrogen) atoms. The average Bonchev–Trinajstić information content (AvgIpc) is 2.91. The minimum atomic E-state index is 0.339. The lowest BCUT2D eigenvalue weighted by Gasteiger charge is -2.22. The number of H-pyrrole nitrogens is 1. The summed E-state index contributed by atoms with van der Waals surface area (Å²) < 4.78 is 0. The maximum absolute atomic E-state index is 9.42. The predicted molar refractivity (Wildman–Crippen MR) is 91.4 cm³/mol. The van der Waals surface area contributed by atoms with E-state index in [1.165, 1.54) is 13.0 Å². The van der Waals surface area contributed by atoms with Crippen LogP contribution in [0.1, 0.15) is 12.0 Å². The summed E-state index contributed by atoms with van der Waals surface area (Å²) in [5.74, 6) is 0.339. The summed E-state index contributed by atoms with van der Waals surface area (Å²) in [6, 6.07) is 2.30. The first-order valence-corrected chi connectivity index (χ1v) is 8.17. The third-order valence-electron chi connectivity index (χ3n) is 4.52. The van der Waals surface area contributed by atoms with Gasteiger partial charge in [-0.15, -0.1) is 0 Å². The van der Waals surface area contributed by atoms with E-state index in [4.69, 9.17) is 0 Å². The Bertz CT molecular complexity index is 647. The van der Waals surface area contributed by atoms with Gasteiger partial charge in [-0.2, -0.15) is 10.4 Å². The fourth-order valence-corrected chi connectivity index (χ4v) is 3.13. The summed E-state index contributed by atoms with van der Waals surface area (Å²) in [6.07, 6.45) is 13.2. The molecule has 0 saturated carbocycles. The first kappa shape index (κ1) is 15.7. The van der Waals surface area contributed by atoms with E-state index in [0.717, 1.165) is 37.3 Å². The number of nitrogens with zero attached hydrogens (tertiary/aromatic N) is 4. The number of rotatable bonds is 3. The highest BCUT2D eigenvalue weighted by atomic mass is 15.2. The van der Waals surface area contributed by atoms with Crippen molar-refractivity contribution in [3.8, 4) is 6.07 Å². The Kier molecular flexibility index (Phi) is 5.06. The van der Waals surface area contributed by atoms with Gasteiger partial charge in [0.2, 0.25) is 0 Å². The molecule has 1 aliphatic heterocycles. The summed E-state index contributed by atoms with van der Waals surface area (Å²) in [5.41, 5.74) is 2.59. The third kappa shape index (κ3) is 3.98. The van der Waals surface area contributed by atoms with E-state index in [-0.39, 0.29) is 0 Å². The SMILES string of the molecule is CN1CCCN(CC2C=CC(C#N)=C(c3cn[nH]c3)C=C2)CC1. The van der Waals surface area contributed by atoms with Crippen molar-refractivity contribution in [3.05, 3.63) is 47.8 Å². The van der Waals surface area contributed by atoms with Gasteiger partial charge in [0.1, 0.15) is 0 Å². The fraction of sp³-hybridized carbons (Fsp3) is 0.444. The topological polar surface area (TPSA) is 58.9 Å². The van der Waals surface area contributed by atoms with Gasteiger partial charge in [0, 0.05) is 42.9 Å². The van der Waals surface area contributed by atoms with Gasteiger partial charge in [-0.1, -0.05) is 18.2 Å². The van der Waals surface area contributed by atoms with Crippen molar-refractivity contribution in [3.63, 3.8) is 0 Å². The van der Waals surface area contributed by atoms with E-state index < -0.39 is 0 Å². The molecule has 0 aromatic carbocycles. The predicted octanol–water partition coefficient (Wildman–Crippen LogP) is 2.07. The van der Waals surface area contributed by atoms with Gasteiger partial charge in [0.15, 0.2) is 0 Å². The summed E-state index contributed by atoms with van der Waals surface area (Å²) >= 11 is 0. The highest BCUT2D eigenvalue weighted by molar-refractivity contribution is 5.81. The Labute approximate surface area is 137 Å². The lowest BCUT2D eigenvalue weighted by molar-refractivity contribution is 0.265. The molecule has 1 fully saturated rings. The molecule has 1 atom stereocenters. The summed E-state index contributed by atoms with van der Waals surface area (Å²) in [5, 5.41) is 16.2. The number of aromatic nitrogens is 2. The van der Waals surface area contributed by atoms with E-state index >= 15 is 0 Å². The molecule has 1 aliphatic carbocycles. The molecule has 1 unspecified atom stereocenters. The number of nitriles is 1. The van der Waals surface area contributed by atoms with Crippen LogP contribution < -0.4 is 0 Å². The molecule has 0 spiro atoms. The van der Waals surface area contributed by atoms with Crippen LogP contribution in [0.25, 0.3) is 5.57 Å². The molecule has 2 aliphatic rings. The van der Waals surface area contributed by atoms with Crippen LogP contribution in [0.5, 0.6) is 0 Å². The highest BCUT2D eigenvalue weighted by Gasteiger charge is 2.16. The molecule has 0 amide bonds. The second-order valence-electron chi connectivity index (χ2n) is 6.27. The van der Waals surface area contributed by atoms with Gasteiger partial charge >= 0.3 is 0 Å². The summed E-state index contributed by atoms with van der Waals surface area (Å²) in [4.78, 5) is 4.92. The van der Waals surface area contributed by atoms with Crippen molar-refractivity contribution >= 4 is 5.57 Å². The molecule has 1 saturated heterocycles. The van der Waals surface area contributed by atoms with Gasteiger partial charge in [0.05, 0.1) is 17.8 Å². The quantitative estimate of drug-likeness (QED) is 0.928. The molecule has 0 radical (unpaired) electrons. The van der Waals surface area contributed by atoms with Crippen LogP contribution in [0.15, 0.2) is 42.3 Å². The van der Waals surface area contributed by atoms with Crippen molar-refractivity contribution in [1.82, 2.24) is 20.0 Å². The van der Waals surface area contributed by atoms with Gasteiger partial charge in [-0.3, -0.25) is 5.10 Å². The van der Waals surface area contributed by atoms with Crippen LogP contribution in [0.2, 0.25) is 0 Å². The van der Waals surface area contributed by atoms with Crippen LogP contribution in [0.4, 0.5) is 0 Å². The maximum Gasteiger partial charge on any atom is 0.0998 e. The Hall–Kier alpha value is -2.16. The highest BCUT2D eigenvalue weighted by Crippen LogP contribution is 2.24. The largest absolute Gasteiger partial charge is 0.305 e. The smallest absolute Gasteiger partial charge is 0.0998 e. The van der Waals surface area contributed by atoms with Crippen molar-refractivity contribution < 1.29 is 0 Å². The van der Waals surface area contributed by atoms with Crippen LogP contribution in [-0.4, -0.2) is 59.8 Å². The second-order valence-corrected chi connectivity index (χ2v) is 6.27. The molecule has 2 heterocycles. The molecule has 0 bridgehead atoms. The number of aromatic amines is 1. The van der Waals surface area contributed by atoms with Crippen LogP contribution in [0, 0.1) is 17.2 Å². The lowest BCUT2D eigenvalue weighted by atomic mass is 10.0.